The van der Waals surface area contributed by atoms with Gasteiger partial charge in [0.1, 0.15) is 0 Å². The smallest absolute Gasteiger partial charge is 0.0767 e. The summed E-state index contributed by atoms with van der Waals surface area (Å²) >= 11 is 0. The maximum absolute atomic E-state index is 12.4. The first kappa shape index (κ1) is 29.4. The van der Waals surface area contributed by atoms with E-state index in [2.05, 4.69) is 58.1 Å². The highest BCUT2D eigenvalue weighted by Gasteiger charge is 2.75. The van der Waals surface area contributed by atoms with Gasteiger partial charge in [-0.3, -0.25) is 0 Å². The Kier molecular flexibility index (Phi) is 8.88. The molecular weight excluding hydrogens is 448 g/mol. The highest BCUT2D eigenvalue weighted by molar-refractivity contribution is 5.30. The first-order valence-electron chi connectivity index (χ1n) is 14.0. The molecule has 2 saturated carbocycles. The molecule has 4 nitrogen and oxygen atoms in total. The van der Waals surface area contributed by atoms with Crippen molar-refractivity contribution >= 4 is 0 Å². The molecule has 3 aliphatic rings. The predicted octanol–water partition coefficient (Wildman–Crippen LogP) is 6.11. The van der Waals surface area contributed by atoms with E-state index in [1.165, 1.54) is 5.57 Å². The molecule has 0 heterocycles. The Bertz CT molecular complexity index is 881. The van der Waals surface area contributed by atoms with Gasteiger partial charge in [-0.15, -0.1) is 0 Å². The second kappa shape index (κ2) is 10.9. The third kappa shape index (κ3) is 4.72. The van der Waals surface area contributed by atoms with Crippen molar-refractivity contribution in [3.63, 3.8) is 0 Å². The predicted molar refractivity (Wildman–Crippen MR) is 148 cm³/mol. The molecule has 3 aliphatic carbocycles. The van der Waals surface area contributed by atoms with E-state index in [1.54, 1.807) is 0 Å². The van der Waals surface area contributed by atoms with Gasteiger partial charge < -0.3 is 20.4 Å². The van der Waals surface area contributed by atoms with Gasteiger partial charge in [0.15, 0.2) is 0 Å². The lowest BCUT2D eigenvalue weighted by Gasteiger charge is -2.71. The van der Waals surface area contributed by atoms with Crippen LogP contribution in [-0.4, -0.2) is 44.8 Å². The zero-order chi connectivity index (χ0) is 27.1. The Hall–Kier alpha value is -1.20. The van der Waals surface area contributed by atoms with E-state index in [-0.39, 0.29) is 11.8 Å². The minimum absolute atomic E-state index is 0.0716. The van der Waals surface area contributed by atoms with Crippen molar-refractivity contribution in [1.82, 2.24) is 0 Å². The zero-order valence-electron chi connectivity index (χ0n) is 24.0. The minimum Gasteiger partial charge on any atom is -0.392 e. The second-order valence-electron chi connectivity index (χ2n) is 13.3. The fourth-order valence-electron chi connectivity index (χ4n) is 8.02. The summed E-state index contributed by atoms with van der Waals surface area (Å²) in [5.41, 5.74) is 0.687. The number of hydrogen-bond acceptors (Lipinski definition) is 4. The van der Waals surface area contributed by atoms with Crippen LogP contribution in [0, 0.1) is 34.0 Å². The fraction of sp³-hybridized carbons (Fsp3) is 0.750. The molecule has 0 amide bonds. The first-order chi connectivity index (χ1) is 16.7. The van der Waals surface area contributed by atoms with Gasteiger partial charge in [-0.05, 0) is 91.4 Å². The van der Waals surface area contributed by atoms with Gasteiger partial charge in [-0.1, -0.05) is 60.9 Å². The summed E-state index contributed by atoms with van der Waals surface area (Å²) in [4.78, 5) is 0. The minimum atomic E-state index is -1.19. The van der Waals surface area contributed by atoms with Crippen molar-refractivity contribution in [3.8, 4) is 0 Å². The molecule has 0 aromatic carbocycles. The van der Waals surface area contributed by atoms with Crippen molar-refractivity contribution in [2.45, 2.75) is 118 Å². The molecule has 4 heteroatoms. The van der Waals surface area contributed by atoms with E-state index in [1.807, 2.05) is 27.7 Å². The van der Waals surface area contributed by atoms with Crippen LogP contribution in [0.4, 0.5) is 0 Å². The summed E-state index contributed by atoms with van der Waals surface area (Å²) < 4.78 is 0. The Balaban J connectivity index is 2.33. The maximum atomic E-state index is 12.4. The fourth-order valence-corrected chi connectivity index (χ4v) is 8.02. The van der Waals surface area contributed by atoms with E-state index in [0.29, 0.717) is 12.8 Å². The molecule has 4 unspecified atom stereocenters. The highest BCUT2D eigenvalue weighted by Crippen LogP contribution is 2.70. The Morgan fingerprint density at radius 1 is 0.917 bits per heavy atom. The third-order valence-corrected chi connectivity index (χ3v) is 9.90. The number of rotatable bonds is 7. The average molecular weight is 501 g/mol. The van der Waals surface area contributed by atoms with Gasteiger partial charge in [0.05, 0.1) is 29.8 Å². The van der Waals surface area contributed by atoms with Crippen molar-refractivity contribution < 1.29 is 20.4 Å². The van der Waals surface area contributed by atoms with Gasteiger partial charge >= 0.3 is 0 Å². The number of aliphatic hydroxyl groups excluding tert-OH is 4. The summed E-state index contributed by atoms with van der Waals surface area (Å²) in [5.74, 6) is -0.541. The standard InChI is InChI=1S/C32H52O4/c1-20(2)14-16-24-19-31(18-22(5)6)27(34)25(17-15-21(3)4)28(35)32(29(31)36,30(24,7)8)26(33)23-12-10-9-11-13-23/h10,12,14-15,18,23-29,33-36H,9,11,13,16-17,19H2,1-8H3/t23-,24?,25?,26-,27-,28?,29?,31+,32-/m0/s1. The Morgan fingerprint density at radius 2 is 1.53 bits per heavy atom. The van der Waals surface area contributed by atoms with E-state index in [0.717, 1.165) is 36.8 Å². The van der Waals surface area contributed by atoms with Crippen molar-refractivity contribution in [1.29, 1.82) is 0 Å². The SMILES string of the molecule is CC(C)=CCC1C(O)[C@@]2([C@@H](O)[C@H]3C=CCCC3)C(O)[C@](C=C(C)C)(CC(CC=C(C)C)C2(C)C)[C@H]1O. The second-order valence-corrected chi connectivity index (χ2v) is 13.3. The van der Waals surface area contributed by atoms with Gasteiger partial charge in [-0.25, -0.2) is 0 Å². The first-order valence-corrected chi connectivity index (χ1v) is 14.0. The number of allylic oxidation sites excluding steroid dienone is 6. The molecule has 36 heavy (non-hydrogen) atoms. The van der Waals surface area contributed by atoms with Crippen LogP contribution in [0.5, 0.6) is 0 Å². The van der Waals surface area contributed by atoms with Crippen molar-refractivity contribution in [2.75, 3.05) is 0 Å². The third-order valence-electron chi connectivity index (χ3n) is 9.90. The van der Waals surface area contributed by atoms with Gasteiger partial charge in [0.25, 0.3) is 0 Å². The van der Waals surface area contributed by atoms with Crippen LogP contribution in [-0.2, 0) is 0 Å². The van der Waals surface area contributed by atoms with E-state index < -0.39 is 46.6 Å². The van der Waals surface area contributed by atoms with E-state index in [9.17, 15) is 20.4 Å². The number of hydrogen-bond donors (Lipinski definition) is 4. The molecule has 4 N–H and O–H groups in total. The molecule has 0 aliphatic heterocycles. The summed E-state index contributed by atoms with van der Waals surface area (Å²) in [7, 11) is 0. The van der Waals surface area contributed by atoms with Crippen LogP contribution in [0.2, 0.25) is 0 Å². The van der Waals surface area contributed by atoms with Crippen molar-refractivity contribution in [2.24, 2.45) is 34.0 Å². The topological polar surface area (TPSA) is 80.9 Å². The Labute approximate surface area is 219 Å². The lowest BCUT2D eigenvalue weighted by atomic mass is 9.35. The molecule has 0 aromatic rings. The zero-order valence-corrected chi connectivity index (χ0v) is 24.0. The lowest BCUT2D eigenvalue weighted by Crippen LogP contribution is -2.79. The molecule has 2 fully saturated rings. The lowest BCUT2D eigenvalue weighted by molar-refractivity contribution is -0.331. The highest BCUT2D eigenvalue weighted by atomic mass is 16.3. The van der Waals surface area contributed by atoms with Crippen LogP contribution in [0.3, 0.4) is 0 Å². The summed E-state index contributed by atoms with van der Waals surface area (Å²) in [6.45, 7) is 16.5. The van der Waals surface area contributed by atoms with Gasteiger partial charge in [0, 0.05) is 17.3 Å². The van der Waals surface area contributed by atoms with Crippen LogP contribution >= 0.6 is 0 Å². The van der Waals surface area contributed by atoms with E-state index >= 15 is 0 Å². The van der Waals surface area contributed by atoms with Crippen molar-refractivity contribution in [3.05, 3.63) is 47.1 Å². The van der Waals surface area contributed by atoms with Crippen LogP contribution in [0.1, 0.15) is 93.9 Å². The molecule has 2 bridgehead atoms. The monoisotopic (exact) mass is 500 g/mol. The Morgan fingerprint density at radius 3 is 2.06 bits per heavy atom. The number of aliphatic hydroxyl groups is 4. The summed E-state index contributed by atoms with van der Waals surface area (Å²) in [6, 6.07) is 0. The normalized spacial score (nSPS) is 40.2. The molecule has 0 spiro atoms. The maximum Gasteiger partial charge on any atom is 0.0767 e. The number of fused-ring (bicyclic) bond motifs is 2. The molecular formula is C32H52O4. The quantitative estimate of drug-likeness (QED) is 0.318. The van der Waals surface area contributed by atoms with Gasteiger partial charge in [-0.2, -0.15) is 0 Å². The molecule has 0 aromatic heterocycles. The molecule has 3 rings (SSSR count). The van der Waals surface area contributed by atoms with E-state index in [4.69, 9.17) is 0 Å². The molecule has 204 valence electrons. The molecule has 9 atom stereocenters. The van der Waals surface area contributed by atoms with Crippen LogP contribution < -0.4 is 0 Å². The summed E-state index contributed by atoms with van der Waals surface area (Å²) in [6.07, 6.45) is 11.4. The van der Waals surface area contributed by atoms with Crippen LogP contribution in [0.15, 0.2) is 47.1 Å². The van der Waals surface area contributed by atoms with Gasteiger partial charge in [0.2, 0.25) is 0 Å². The largest absolute Gasteiger partial charge is 0.392 e. The average Bonchev–Trinajstić information content (AvgIpc) is 2.79. The molecule has 0 radical (unpaired) electrons. The van der Waals surface area contributed by atoms with Crippen LogP contribution in [0.25, 0.3) is 0 Å². The summed E-state index contributed by atoms with van der Waals surface area (Å²) in [5, 5.41) is 49.0. The molecule has 0 saturated heterocycles.